The highest BCUT2D eigenvalue weighted by Crippen LogP contribution is 2.27. The van der Waals surface area contributed by atoms with Crippen LogP contribution in [-0.4, -0.2) is 64.2 Å². The van der Waals surface area contributed by atoms with E-state index in [9.17, 15) is 9.59 Å². The van der Waals surface area contributed by atoms with Crippen LogP contribution in [0.5, 0.6) is 0 Å². The molecule has 166 valence electrons. The minimum atomic E-state index is -0.119. The number of carbonyl (C=O) groups is 2. The molecule has 4 rings (SSSR count). The van der Waals surface area contributed by atoms with Gasteiger partial charge in [-0.1, -0.05) is 5.16 Å². The zero-order valence-electron chi connectivity index (χ0n) is 17.9. The average molecular weight is 428 g/mol. The van der Waals surface area contributed by atoms with Crippen molar-refractivity contribution in [1.29, 1.82) is 0 Å². The Morgan fingerprint density at radius 1 is 1.23 bits per heavy atom. The SMILES string of the molecule is Cc1noc(CCC(=O)N2CCC(c3ccc(C(=O)NC[C@@H]4CCCO4)cn3)CC2)n1. The summed E-state index contributed by atoms with van der Waals surface area (Å²) in [7, 11) is 0. The molecule has 0 aromatic carbocycles. The van der Waals surface area contributed by atoms with E-state index in [1.807, 2.05) is 17.0 Å². The third-order valence-electron chi connectivity index (χ3n) is 5.95. The van der Waals surface area contributed by atoms with Gasteiger partial charge < -0.3 is 19.5 Å². The molecule has 2 amide bonds. The summed E-state index contributed by atoms with van der Waals surface area (Å²) in [5, 5.41) is 6.67. The molecule has 0 unspecified atom stereocenters. The predicted octanol–water partition coefficient (Wildman–Crippen LogP) is 2.02. The summed E-state index contributed by atoms with van der Waals surface area (Å²) in [6.07, 6.45) is 6.39. The van der Waals surface area contributed by atoms with Gasteiger partial charge in [-0.05, 0) is 44.7 Å². The first kappa shape index (κ1) is 21.4. The standard InChI is InChI=1S/C22H29N5O4/c1-15-25-20(31-26-15)6-7-21(28)27-10-8-16(9-11-27)19-5-4-17(13-23-19)22(29)24-14-18-3-2-12-30-18/h4-5,13,16,18H,2-3,6-12,14H2,1H3,(H,24,29)/t18-/m0/s1. The molecule has 0 aliphatic carbocycles. The monoisotopic (exact) mass is 427 g/mol. The van der Waals surface area contributed by atoms with Crippen molar-refractivity contribution in [2.75, 3.05) is 26.2 Å². The minimum absolute atomic E-state index is 0.112. The lowest BCUT2D eigenvalue weighted by Gasteiger charge is -2.31. The molecule has 0 saturated carbocycles. The van der Waals surface area contributed by atoms with Crippen molar-refractivity contribution in [2.24, 2.45) is 0 Å². The highest BCUT2D eigenvalue weighted by atomic mass is 16.5. The molecular weight excluding hydrogens is 398 g/mol. The van der Waals surface area contributed by atoms with E-state index in [4.69, 9.17) is 9.26 Å². The summed E-state index contributed by atoms with van der Waals surface area (Å²) in [6, 6.07) is 3.76. The maximum absolute atomic E-state index is 12.5. The van der Waals surface area contributed by atoms with Gasteiger partial charge in [0, 0.05) is 56.9 Å². The molecule has 4 heterocycles. The number of nitrogens with one attached hydrogen (secondary N) is 1. The van der Waals surface area contributed by atoms with Crippen molar-refractivity contribution in [3.8, 4) is 0 Å². The summed E-state index contributed by atoms with van der Waals surface area (Å²) >= 11 is 0. The predicted molar refractivity (Wildman–Crippen MR) is 111 cm³/mol. The number of carbonyl (C=O) groups excluding carboxylic acids is 2. The van der Waals surface area contributed by atoms with E-state index in [1.54, 1.807) is 13.1 Å². The van der Waals surface area contributed by atoms with Crippen molar-refractivity contribution in [3.63, 3.8) is 0 Å². The number of nitrogens with zero attached hydrogens (tertiary/aromatic N) is 4. The van der Waals surface area contributed by atoms with E-state index >= 15 is 0 Å². The van der Waals surface area contributed by atoms with Crippen molar-refractivity contribution in [2.45, 2.75) is 57.5 Å². The van der Waals surface area contributed by atoms with E-state index in [-0.39, 0.29) is 17.9 Å². The Hall–Kier alpha value is -2.81. The number of hydrogen-bond donors (Lipinski definition) is 1. The number of likely N-dealkylation sites (tertiary alicyclic amines) is 1. The van der Waals surface area contributed by atoms with Crippen LogP contribution in [0.2, 0.25) is 0 Å². The van der Waals surface area contributed by atoms with Gasteiger partial charge >= 0.3 is 0 Å². The van der Waals surface area contributed by atoms with Crippen LogP contribution in [0.3, 0.4) is 0 Å². The average Bonchev–Trinajstić information content (AvgIpc) is 3.48. The molecule has 31 heavy (non-hydrogen) atoms. The van der Waals surface area contributed by atoms with Crippen LogP contribution in [0.25, 0.3) is 0 Å². The zero-order chi connectivity index (χ0) is 21.6. The molecular formula is C22H29N5O4. The van der Waals surface area contributed by atoms with Gasteiger partial charge in [-0.25, -0.2) is 0 Å². The first-order valence-corrected chi connectivity index (χ1v) is 11.0. The Morgan fingerprint density at radius 3 is 2.71 bits per heavy atom. The minimum Gasteiger partial charge on any atom is -0.376 e. The number of aromatic nitrogens is 3. The van der Waals surface area contributed by atoms with E-state index in [0.717, 1.165) is 38.0 Å². The quantitative estimate of drug-likeness (QED) is 0.720. The van der Waals surface area contributed by atoms with Crippen molar-refractivity contribution < 1.29 is 18.8 Å². The summed E-state index contributed by atoms with van der Waals surface area (Å²) in [5.74, 6) is 1.38. The topological polar surface area (TPSA) is 110 Å². The Kier molecular flexibility index (Phi) is 6.91. The van der Waals surface area contributed by atoms with Gasteiger partial charge in [0.1, 0.15) is 0 Å². The molecule has 1 atom stereocenters. The highest BCUT2D eigenvalue weighted by molar-refractivity contribution is 5.93. The normalized spacial score (nSPS) is 19.5. The van der Waals surface area contributed by atoms with E-state index in [0.29, 0.717) is 55.7 Å². The number of rotatable bonds is 7. The molecule has 2 aliphatic rings. The number of ether oxygens (including phenoxy) is 1. The van der Waals surface area contributed by atoms with E-state index in [1.165, 1.54) is 0 Å². The highest BCUT2D eigenvalue weighted by Gasteiger charge is 2.25. The summed E-state index contributed by atoms with van der Waals surface area (Å²) in [4.78, 5) is 35.3. The maximum Gasteiger partial charge on any atom is 0.252 e. The van der Waals surface area contributed by atoms with Gasteiger partial charge in [-0.2, -0.15) is 4.98 Å². The molecule has 9 heteroatoms. The number of pyridine rings is 1. The third kappa shape index (κ3) is 5.66. The fourth-order valence-electron chi connectivity index (χ4n) is 4.13. The number of piperidine rings is 1. The molecule has 2 fully saturated rings. The van der Waals surface area contributed by atoms with Crippen molar-refractivity contribution in [3.05, 3.63) is 41.3 Å². The van der Waals surface area contributed by atoms with Crippen LogP contribution in [0.1, 0.15) is 65.8 Å². The second-order valence-corrected chi connectivity index (χ2v) is 8.21. The lowest BCUT2D eigenvalue weighted by atomic mass is 9.92. The van der Waals surface area contributed by atoms with Crippen molar-refractivity contribution >= 4 is 11.8 Å². The van der Waals surface area contributed by atoms with Crippen LogP contribution in [0, 0.1) is 6.92 Å². The molecule has 2 aliphatic heterocycles. The first-order valence-electron chi connectivity index (χ1n) is 11.0. The van der Waals surface area contributed by atoms with E-state index in [2.05, 4.69) is 20.4 Å². The molecule has 2 saturated heterocycles. The first-order chi connectivity index (χ1) is 15.1. The van der Waals surface area contributed by atoms with Crippen LogP contribution in [-0.2, 0) is 16.0 Å². The van der Waals surface area contributed by atoms with Gasteiger partial charge in [0.05, 0.1) is 11.7 Å². The molecule has 1 N–H and O–H groups in total. The van der Waals surface area contributed by atoms with Crippen LogP contribution < -0.4 is 5.32 Å². The van der Waals surface area contributed by atoms with E-state index < -0.39 is 0 Å². The molecule has 0 spiro atoms. The molecule has 0 radical (unpaired) electrons. The number of amides is 2. The second kappa shape index (κ2) is 10.00. The van der Waals surface area contributed by atoms with Crippen LogP contribution in [0.4, 0.5) is 0 Å². The molecule has 2 aromatic heterocycles. The maximum atomic E-state index is 12.5. The summed E-state index contributed by atoms with van der Waals surface area (Å²) < 4.78 is 10.6. The smallest absolute Gasteiger partial charge is 0.252 e. The van der Waals surface area contributed by atoms with Gasteiger partial charge in [-0.3, -0.25) is 14.6 Å². The Bertz CT molecular complexity index is 884. The lowest BCUT2D eigenvalue weighted by molar-refractivity contribution is -0.132. The zero-order valence-corrected chi connectivity index (χ0v) is 17.9. The van der Waals surface area contributed by atoms with Gasteiger partial charge in [-0.15, -0.1) is 0 Å². The molecule has 0 bridgehead atoms. The molecule has 9 nitrogen and oxygen atoms in total. The van der Waals surface area contributed by atoms with Crippen LogP contribution >= 0.6 is 0 Å². The van der Waals surface area contributed by atoms with Gasteiger partial charge in [0.25, 0.3) is 5.91 Å². The fraction of sp³-hybridized carbons (Fsp3) is 0.591. The van der Waals surface area contributed by atoms with Crippen molar-refractivity contribution in [1.82, 2.24) is 25.3 Å². The summed E-state index contributed by atoms with van der Waals surface area (Å²) in [5.41, 5.74) is 1.54. The summed E-state index contributed by atoms with van der Waals surface area (Å²) in [6.45, 7) is 4.49. The largest absolute Gasteiger partial charge is 0.376 e. The van der Waals surface area contributed by atoms with Gasteiger partial charge in [0.15, 0.2) is 5.82 Å². The Balaban J connectivity index is 1.21. The fourth-order valence-corrected chi connectivity index (χ4v) is 4.13. The second-order valence-electron chi connectivity index (χ2n) is 8.21. The van der Waals surface area contributed by atoms with Crippen LogP contribution in [0.15, 0.2) is 22.9 Å². The molecule has 2 aromatic rings. The van der Waals surface area contributed by atoms with Gasteiger partial charge in [0.2, 0.25) is 11.8 Å². The Labute approximate surface area is 181 Å². The Morgan fingerprint density at radius 2 is 2.06 bits per heavy atom. The third-order valence-corrected chi connectivity index (χ3v) is 5.95. The number of hydrogen-bond acceptors (Lipinski definition) is 7. The number of aryl methyl sites for hydroxylation is 2. The lowest BCUT2D eigenvalue weighted by Crippen LogP contribution is -2.38.